The van der Waals surface area contributed by atoms with E-state index in [2.05, 4.69) is 17.1 Å². The molecular formula is C18H30N2O. The lowest BCUT2D eigenvalue weighted by Gasteiger charge is -2.42. The molecule has 0 bridgehead atoms. The Morgan fingerprint density at radius 2 is 1.76 bits per heavy atom. The van der Waals surface area contributed by atoms with Gasteiger partial charge in [0.1, 0.15) is 0 Å². The molecule has 0 aromatic carbocycles. The Morgan fingerprint density at radius 1 is 1.10 bits per heavy atom. The predicted molar refractivity (Wildman–Crippen MR) is 83.7 cm³/mol. The van der Waals surface area contributed by atoms with Gasteiger partial charge in [-0.25, -0.2) is 0 Å². The molecule has 3 aliphatic carbocycles. The molecule has 118 valence electrons. The SMILES string of the molecule is CCC1CCCCC1N1C(=O)C2(CC2)NC1C1CCCC1. The van der Waals surface area contributed by atoms with Crippen molar-refractivity contribution in [3.8, 4) is 0 Å². The van der Waals surface area contributed by atoms with Crippen molar-refractivity contribution < 1.29 is 4.79 Å². The maximum Gasteiger partial charge on any atom is 0.244 e. The first-order valence-corrected chi connectivity index (χ1v) is 9.35. The van der Waals surface area contributed by atoms with Crippen LogP contribution < -0.4 is 5.32 Å². The van der Waals surface area contributed by atoms with Crippen LogP contribution in [0.2, 0.25) is 0 Å². The normalized spacial score (nSPS) is 39.4. The molecule has 3 atom stereocenters. The van der Waals surface area contributed by atoms with Crippen LogP contribution in [0.1, 0.15) is 77.6 Å². The standard InChI is InChI=1S/C18H30N2O/c1-2-13-7-5-6-10-15(13)20-16(14-8-3-4-9-14)19-18(11-12-18)17(20)21/h13-16,19H,2-12H2,1H3. The van der Waals surface area contributed by atoms with Gasteiger partial charge in [-0.3, -0.25) is 10.1 Å². The lowest BCUT2D eigenvalue weighted by molar-refractivity contribution is -0.135. The monoisotopic (exact) mass is 290 g/mol. The first-order chi connectivity index (χ1) is 10.2. The maximum atomic E-state index is 13.1. The summed E-state index contributed by atoms with van der Waals surface area (Å²) >= 11 is 0. The van der Waals surface area contributed by atoms with Crippen molar-refractivity contribution in [2.24, 2.45) is 11.8 Å². The summed E-state index contributed by atoms with van der Waals surface area (Å²) in [6, 6.07) is 0.523. The second-order valence-electron chi connectivity index (χ2n) is 7.95. The van der Waals surface area contributed by atoms with E-state index in [9.17, 15) is 4.79 Å². The summed E-state index contributed by atoms with van der Waals surface area (Å²) in [7, 11) is 0. The Labute approximate surface area is 128 Å². The lowest BCUT2D eigenvalue weighted by atomic mass is 9.81. The van der Waals surface area contributed by atoms with E-state index in [1.165, 1.54) is 57.8 Å². The average Bonchev–Trinajstić information content (AvgIpc) is 2.98. The zero-order chi connectivity index (χ0) is 14.4. The molecule has 3 saturated carbocycles. The predicted octanol–water partition coefficient (Wildman–Crippen LogP) is 3.44. The van der Waals surface area contributed by atoms with E-state index in [1.54, 1.807) is 0 Å². The fraction of sp³-hybridized carbons (Fsp3) is 0.944. The zero-order valence-electron chi connectivity index (χ0n) is 13.4. The highest BCUT2D eigenvalue weighted by Crippen LogP contribution is 2.48. The van der Waals surface area contributed by atoms with Crippen LogP contribution >= 0.6 is 0 Å². The van der Waals surface area contributed by atoms with Crippen molar-refractivity contribution in [2.75, 3.05) is 0 Å². The largest absolute Gasteiger partial charge is 0.322 e. The number of rotatable bonds is 3. The Bertz CT molecular complexity index is 411. The van der Waals surface area contributed by atoms with Gasteiger partial charge in [-0.15, -0.1) is 0 Å². The molecule has 0 aromatic heterocycles. The smallest absolute Gasteiger partial charge is 0.244 e. The molecule has 1 aliphatic heterocycles. The molecule has 1 heterocycles. The van der Waals surface area contributed by atoms with E-state index >= 15 is 0 Å². The fourth-order valence-electron chi connectivity index (χ4n) is 5.28. The minimum atomic E-state index is -0.122. The minimum absolute atomic E-state index is 0.122. The van der Waals surface area contributed by atoms with Crippen LogP contribution in [0.25, 0.3) is 0 Å². The van der Waals surface area contributed by atoms with E-state index in [0.29, 0.717) is 24.0 Å². The fourth-order valence-corrected chi connectivity index (χ4v) is 5.28. The van der Waals surface area contributed by atoms with Gasteiger partial charge in [0.15, 0.2) is 0 Å². The van der Waals surface area contributed by atoms with Crippen LogP contribution in [0.4, 0.5) is 0 Å². The number of carbonyl (C=O) groups is 1. The van der Waals surface area contributed by atoms with Gasteiger partial charge < -0.3 is 4.90 Å². The van der Waals surface area contributed by atoms with E-state index in [0.717, 1.165) is 18.8 Å². The summed E-state index contributed by atoms with van der Waals surface area (Å²) in [5.74, 6) is 1.92. The maximum absolute atomic E-state index is 13.1. The van der Waals surface area contributed by atoms with Crippen LogP contribution in [0.3, 0.4) is 0 Å². The average molecular weight is 290 g/mol. The number of amides is 1. The molecule has 3 unspecified atom stereocenters. The Kier molecular flexibility index (Phi) is 3.52. The summed E-state index contributed by atoms with van der Waals surface area (Å²) in [6.45, 7) is 2.31. The zero-order valence-corrected chi connectivity index (χ0v) is 13.4. The van der Waals surface area contributed by atoms with Crippen molar-refractivity contribution in [2.45, 2.75) is 95.3 Å². The molecule has 4 rings (SSSR count). The molecule has 3 nitrogen and oxygen atoms in total. The summed E-state index contributed by atoms with van der Waals surface area (Å²) < 4.78 is 0. The third-order valence-corrected chi connectivity index (χ3v) is 6.71. The van der Waals surface area contributed by atoms with Crippen LogP contribution in [0, 0.1) is 11.8 Å². The Balaban J connectivity index is 1.60. The molecule has 3 heteroatoms. The Morgan fingerprint density at radius 3 is 2.43 bits per heavy atom. The van der Waals surface area contributed by atoms with Crippen LogP contribution in [-0.4, -0.2) is 28.6 Å². The molecule has 1 amide bonds. The van der Waals surface area contributed by atoms with Crippen molar-refractivity contribution in [3.05, 3.63) is 0 Å². The molecule has 4 aliphatic rings. The molecule has 0 radical (unpaired) electrons. The van der Waals surface area contributed by atoms with E-state index in [4.69, 9.17) is 0 Å². The van der Waals surface area contributed by atoms with Gasteiger partial charge >= 0.3 is 0 Å². The van der Waals surface area contributed by atoms with E-state index in [-0.39, 0.29) is 5.54 Å². The van der Waals surface area contributed by atoms with Gasteiger partial charge in [-0.2, -0.15) is 0 Å². The van der Waals surface area contributed by atoms with Crippen molar-refractivity contribution >= 4 is 5.91 Å². The molecular weight excluding hydrogens is 260 g/mol. The summed E-state index contributed by atoms with van der Waals surface area (Å²) in [5.41, 5.74) is -0.122. The number of nitrogens with zero attached hydrogens (tertiary/aromatic N) is 1. The molecule has 1 saturated heterocycles. The summed E-state index contributed by atoms with van der Waals surface area (Å²) in [5, 5.41) is 3.80. The highest BCUT2D eigenvalue weighted by molar-refractivity contribution is 5.92. The van der Waals surface area contributed by atoms with Gasteiger partial charge in [0, 0.05) is 6.04 Å². The molecule has 21 heavy (non-hydrogen) atoms. The van der Waals surface area contributed by atoms with Crippen molar-refractivity contribution in [1.82, 2.24) is 10.2 Å². The first-order valence-electron chi connectivity index (χ1n) is 9.35. The second-order valence-corrected chi connectivity index (χ2v) is 7.95. The first kappa shape index (κ1) is 14.0. The van der Waals surface area contributed by atoms with Gasteiger partial charge in [-0.05, 0) is 50.4 Å². The molecule has 1 N–H and O–H groups in total. The summed E-state index contributed by atoms with van der Waals surface area (Å²) in [4.78, 5) is 15.5. The van der Waals surface area contributed by atoms with Gasteiger partial charge in [-0.1, -0.05) is 39.0 Å². The van der Waals surface area contributed by atoms with Crippen LogP contribution in [0.5, 0.6) is 0 Å². The second kappa shape index (κ2) is 5.26. The third-order valence-electron chi connectivity index (χ3n) is 6.71. The number of hydrogen-bond donors (Lipinski definition) is 1. The van der Waals surface area contributed by atoms with Crippen LogP contribution in [-0.2, 0) is 4.79 Å². The minimum Gasteiger partial charge on any atom is -0.322 e. The molecule has 0 aromatic rings. The van der Waals surface area contributed by atoms with Crippen molar-refractivity contribution in [1.29, 1.82) is 0 Å². The third kappa shape index (κ3) is 2.23. The molecule has 4 fully saturated rings. The topological polar surface area (TPSA) is 32.3 Å². The highest BCUT2D eigenvalue weighted by Gasteiger charge is 2.61. The van der Waals surface area contributed by atoms with Crippen LogP contribution in [0.15, 0.2) is 0 Å². The number of hydrogen-bond acceptors (Lipinski definition) is 2. The van der Waals surface area contributed by atoms with Crippen molar-refractivity contribution in [3.63, 3.8) is 0 Å². The molecule has 1 spiro atoms. The highest BCUT2D eigenvalue weighted by atomic mass is 16.2. The van der Waals surface area contributed by atoms with Gasteiger partial charge in [0.05, 0.1) is 11.7 Å². The number of carbonyl (C=O) groups excluding carboxylic acids is 1. The van der Waals surface area contributed by atoms with E-state index in [1.807, 2.05) is 0 Å². The van der Waals surface area contributed by atoms with Gasteiger partial charge in [0.25, 0.3) is 0 Å². The quantitative estimate of drug-likeness (QED) is 0.863. The van der Waals surface area contributed by atoms with E-state index < -0.39 is 0 Å². The number of nitrogens with one attached hydrogen (secondary N) is 1. The summed E-state index contributed by atoms with van der Waals surface area (Å²) in [6.07, 6.45) is 14.4. The Hall–Kier alpha value is -0.570. The van der Waals surface area contributed by atoms with Gasteiger partial charge in [0.2, 0.25) is 5.91 Å². The lowest BCUT2D eigenvalue weighted by Crippen LogP contribution is -2.51.